The van der Waals surface area contributed by atoms with Crippen LogP contribution >= 0.6 is 0 Å². The van der Waals surface area contributed by atoms with E-state index in [4.69, 9.17) is 0 Å². The van der Waals surface area contributed by atoms with E-state index in [1.807, 2.05) is 13.8 Å². The fourth-order valence-electron chi connectivity index (χ4n) is 2.80. The number of aryl methyl sites for hydroxylation is 1. The lowest BCUT2D eigenvalue weighted by Gasteiger charge is -2.29. The molecule has 1 N–H and O–H groups in total. The van der Waals surface area contributed by atoms with Crippen LogP contribution in [0, 0.1) is 0 Å². The molecule has 21 heavy (non-hydrogen) atoms. The molecule has 1 aromatic heterocycles. The molecule has 0 aromatic carbocycles. The second-order valence-corrected chi connectivity index (χ2v) is 8.00. The largest absolute Gasteiger partial charge is 0.317 e. The maximum atomic E-state index is 12.7. The van der Waals surface area contributed by atoms with E-state index in [0.29, 0.717) is 11.4 Å². The monoisotopic (exact) mass is 314 g/mol. The van der Waals surface area contributed by atoms with Crippen LogP contribution in [0.25, 0.3) is 0 Å². The number of sulfonamides is 1. The van der Waals surface area contributed by atoms with E-state index in [2.05, 4.69) is 17.3 Å². The summed E-state index contributed by atoms with van der Waals surface area (Å²) in [5.41, 5.74) is -0.300. The molecule has 0 saturated carbocycles. The van der Waals surface area contributed by atoms with Crippen molar-refractivity contribution >= 4 is 10.0 Å². The highest BCUT2D eigenvalue weighted by molar-refractivity contribution is 7.89. The van der Waals surface area contributed by atoms with Gasteiger partial charge in [-0.25, -0.2) is 8.42 Å². The third-order valence-electron chi connectivity index (χ3n) is 4.01. The van der Waals surface area contributed by atoms with Crippen molar-refractivity contribution in [3.05, 3.63) is 12.4 Å². The first-order chi connectivity index (χ1) is 9.88. The minimum Gasteiger partial charge on any atom is -0.317 e. The van der Waals surface area contributed by atoms with Crippen LogP contribution in [-0.4, -0.2) is 47.7 Å². The van der Waals surface area contributed by atoms with Gasteiger partial charge in [-0.05, 0) is 46.2 Å². The standard InChI is InChI=1S/C14H26N4O2S/c1-4-15-8-6-9-17-12-13(11-16-17)21(19,20)18-10-5-7-14(18,2)3/h11-12,15H,4-10H2,1-3H3. The van der Waals surface area contributed by atoms with Gasteiger partial charge in [0.2, 0.25) is 10.0 Å². The Morgan fingerprint density at radius 1 is 1.43 bits per heavy atom. The van der Waals surface area contributed by atoms with E-state index in [1.54, 1.807) is 15.2 Å². The van der Waals surface area contributed by atoms with Gasteiger partial charge in [-0.3, -0.25) is 4.68 Å². The Balaban J connectivity index is 2.06. The normalized spacial score (nSPS) is 19.2. The average Bonchev–Trinajstić information content (AvgIpc) is 3.01. The molecule has 0 radical (unpaired) electrons. The van der Waals surface area contributed by atoms with Gasteiger partial charge in [-0.2, -0.15) is 9.40 Å². The predicted molar refractivity (Wildman–Crippen MR) is 82.6 cm³/mol. The predicted octanol–water partition coefficient (Wildman–Crippen LogP) is 1.45. The first-order valence-corrected chi connectivity index (χ1v) is 9.08. The third-order valence-corrected chi connectivity index (χ3v) is 6.08. The summed E-state index contributed by atoms with van der Waals surface area (Å²) in [7, 11) is -3.43. The molecule has 0 unspecified atom stereocenters. The van der Waals surface area contributed by atoms with Crippen molar-refractivity contribution in [2.24, 2.45) is 0 Å². The van der Waals surface area contributed by atoms with Crippen LogP contribution in [-0.2, 0) is 16.6 Å². The molecule has 1 aliphatic rings. The second-order valence-electron chi connectivity index (χ2n) is 6.14. The van der Waals surface area contributed by atoms with Gasteiger partial charge in [-0.15, -0.1) is 0 Å². The van der Waals surface area contributed by atoms with E-state index in [-0.39, 0.29) is 5.54 Å². The molecule has 2 heterocycles. The number of nitrogens with zero attached hydrogens (tertiary/aromatic N) is 3. The van der Waals surface area contributed by atoms with Crippen molar-refractivity contribution in [2.75, 3.05) is 19.6 Å². The van der Waals surface area contributed by atoms with E-state index in [0.717, 1.165) is 38.9 Å². The molecule has 6 nitrogen and oxygen atoms in total. The molecular formula is C14H26N4O2S. The van der Waals surface area contributed by atoms with Crippen LogP contribution < -0.4 is 5.32 Å². The van der Waals surface area contributed by atoms with Crippen molar-refractivity contribution in [3.63, 3.8) is 0 Å². The Morgan fingerprint density at radius 3 is 2.81 bits per heavy atom. The van der Waals surface area contributed by atoms with Gasteiger partial charge >= 0.3 is 0 Å². The first-order valence-electron chi connectivity index (χ1n) is 7.64. The van der Waals surface area contributed by atoms with Crippen LogP contribution in [0.3, 0.4) is 0 Å². The van der Waals surface area contributed by atoms with Crippen LogP contribution in [0.5, 0.6) is 0 Å². The Morgan fingerprint density at radius 2 is 2.19 bits per heavy atom. The molecule has 2 rings (SSSR count). The summed E-state index contributed by atoms with van der Waals surface area (Å²) >= 11 is 0. The minimum absolute atomic E-state index is 0.300. The van der Waals surface area contributed by atoms with Crippen LogP contribution in [0.4, 0.5) is 0 Å². The van der Waals surface area contributed by atoms with E-state index >= 15 is 0 Å². The Labute approximate surface area is 127 Å². The summed E-state index contributed by atoms with van der Waals surface area (Å²) in [6.07, 6.45) is 5.88. The number of rotatable bonds is 7. The molecule has 1 aliphatic heterocycles. The van der Waals surface area contributed by atoms with E-state index in [9.17, 15) is 8.42 Å². The molecule has 0 spiro atoms. The molecule has 1 saturated heterocycles. The highest BCUT2D eigenvalue weighted by atomic mass is 32.2. The highest BCUT2D eigenvalue weighted by Crippen LogP contribution is 2.33. The van der Waals surface area contributed by atoms with Gasteiger partial charge in [-0.1, -0.05) is 6.92 Å². The lowest BCUT2D eigenvalue weighted by molar-refractivity contribution is 0.291. The summed E-state index contributed by atoms with van der Waals surface area (Å²) in [6.45, 7) is 9.22. The third kappa shape index (κ3) is 3.64. The second kappa shape index (κ2) is 6.46. The number of hydrogen-bond acceptors (Lipinski definition) is 4. The molecule has 1 aromatic rings. The quantitative estimate of drug-likeness (QED) is 0.774. The van der Waals surface area contributed by atoms with Crippen molar-refractivity contribution in [2.45, 2.75) is 57.0 Å². The minimum atomic E-state index is -3.43. The Bertz CT molecular complexity index is 565. The average molecular weight is 314 g/mol. The van der Waals surface area contributed by atoms with Gasteiger partial charge in [0.15, 0.2) is 0 Å². The van der Waals surface area contributed by atoms with Crippen LogP contribution in [0.2, 0.25) is 0 Å². The molecule has 120 valence electrons. The lowest BCUT2D eigenvalue weighted by atomic mass is 10.0. The van der Waals surface area contributed by atoms with Crippen molar-refractivity contribution in [3.8, 4) is 0 Å². The number of nitrogens with one attached hydrogen (secondary N) is 1. The zero-order valence-corrected chi connectivity index (χ0v) is 14.0. The van der Waals surface area contributed by atoms with E-state index in [1.165, 1.54) is 6.20 Å². The fourth-order valence-corrected chi connectivity index (χ4v) is 4.60. The Kier molecular flexibility index (Phi) is 5.06. The van der Waals surface area contributed by atoms with Crippen LogP contribution in [0.15, 0.2) is 17.3 Å². The molecule has 0 bridgehead atoms. The van der Waals surface area contributed by atoms with Crippen molar-refractivity contribution in [1.29, 1.82) is 0 Å². The molecule has 0 atom stereocenters. The molecular weight excluding hydrogens is 288 g/mol. The zero-order valence-electron chi connectivity index (χ0n) is 13.2. The summed E-state index contributed by atoms with van der Waals surface area (Å²) in [5.74, 6) is 0. The van der Waals surface area contributed by atoms with Gasteiger partial charge in [0, 0.05) is 24.8 Å². The molecule has 7 heteroatoms. The van der Waals surface area contributed by atoms with Gasteiger partial charge in [0.05, 0.1) is 6.20 Å². The lowest BCUT2D eigenvalue weighted by Crippen LogP contribution is -2.42. The van der Waals surface area contributed by atoms with Crippen molar-refractivity contribution < 1.29 is 8.42 Å². The number of aromatic nitrogens is 2. The van der Waals surface area contributed by atoms with Crippen LogP contribution in [0.1, 0.15) is 40.0 Å². The summed E-state index contributed by atoms with van der Waals surface area (Å²) in [5, 5.41) is 7.43. The summed E-state index contributed by atoms with van der Waals surface area (Å²) in [4.78, 5) is 0.306. The van der Waals surface area contributed by atoms with E-state index < -0.39 is 10.0 Å². The van der Waals surface area contributed by atoms with Gasteiger partial charge in [0.1, 0.15) is 4.90 Å². The fraction of sp³-hybridized carbons (Fsp3) is 0.786. The Hall–Kier alpha value is -0.920. The smallest absolute Gasteiger partial charge is 0.246 e. The molecule has 0 amide bonds. The van der Waals surface area contributed by atoms with Gasteiger partial charge in [0.25, 0.3) is 0 Å². The zero-order chi connectivity index (χ0) is 15.5. The summed E-state index contributed by atoms with van der Waals surface area (Å²) in [6, 6.07) is 0. The van der Waals surface area contributed by atoms with Crippen molar-refractivity contribution in [1.82, 2.24) is 19.4 Å². The SMILES string of the molecule is CCNCCCn1cc(S(=O)(=O)N2CCCC2(C)C)cn1. The molecule has 0 aliphatic carbocycles. The molecule has 1 fully saturated rings. The van der Waals surface area contributed by atoms with Gasteiger partial charge < -0.3 is 5.32 Å². The topological polar surface area (TPSA) is 67.2 Å². The number of hydrogen-bond donors (Lipinski definition) is 1. The maximum absolute atomic E-state index is 12.7. The first kappa shape index (κ1) is 16.5. The summed E-state index contributed by atoms with van der Waals surface area (Å²) < 4.78 is 28.7. The maximum Gasteiger partial charge on any atom is 0.246 e. The highest BCUT2D eigenvalue weighted by Gasteiger charge is 2.41.